The van der Waals surface area contributed by atoms with Crippen LogP contribution in [0.2, 0.25) is 5.28 Å². The number of aromatic nitrogens is 6. The van der Waals surface area contributed by atoms with Gasteiger partial charge in [-0.05, 0) is 55.1 Å². The molecule has 9 nitrogen and oxygen atoms in total. The molecule has 0 fully saturated rings. The van der Waals surface area contributed by atoms with Gasteiger partial charge in [0.2, 0.25) is 17.0 Å². The molecule has 4 aromatic rings. The van der Waals surface area contributed by atoms with Gasteiger partial charge in [-0.15, -0.1) is 0 Å². The summed E-state index contributed by atoms with van der Waals surface area (Å²) in [5, 5.41) is 4.00. The second kappa shape index (κ2) is 10.1. The third-order valence-electron chi connectivity index (χ3n) is 5.41. The maximum Gasteiger partial charge on any atom is 0.332 e. The summed E-state index contributed by atoms with van der Waals surface area (Å²) < 4.78 is 21.1. The number of fused-ring (bicyclic) bond motifs is 1. The van der Waals surface area contributed by atoms with Gasteiger partial charge < -0.3 is 9.51 Å². The smallest absolute Gasteiger partial charge is 0.332 e. The highest BCUT2D eigenvalue weighted by Gasteiger charge is 2.17. The van der Waals surface area contributed by atoms with Crippen LogP contribution in [-0.2, 0) is 19.5 Å². The van der Waals surface area contributed by atoms with Crippen molar-refractivity contribution < 1.29 is 8.91 Å². The number of imidazole rings is 1. The summed E-state index contributed by atoms with van der Waals surface area (Å²) in [6.45, 7) is 2.80. The molecule has 0 saturated carbocycles. The van der Waals surface area contributed by atoms with Crippen molar-refractivity contribution in [1.29, 1.82) is 0 Å². The summed E-state index contributed by atoms with van der Waals surface area (Å²) in [7, 11) is 0. The fourth-order valence-electron chi connectivity index (χ4n) is 3.68. The first-order valence-corrected chi connectivity index (χ1v) is 11.3. The van der Waals surface area contributed by atoms with Gasteiger partial charge >= 0.3 is 5.69 Å². The monoisotopic (exact) mass is 474 g/mol. The Labute approximate surface area is 193 Å². The van der Waals surface area contributed by atoms with Crippen LogP contribution in [0.15, 0.2) is 38.4 Å². The standard InChI is InChI=1S/C22H24ClFN6O3/c1-2-3-5-12-29-19-17(26-21(23)27-19)20(31)30(22(29)32)13-6-4-7-16-25-18(28-33-16)14-8-10-15(24)11-9-14/h8-11H,2-7,12-13H2,1H3,(H,26,27). The van der Waals surface area contributed by atoms with Gasteiger partial charge in [0.15, 0.2) is 11.2 Å². The lowest BCUT2D eigenvalue weighted by atomic mass is 10.2. The number of halogens is 2. The topological polar surface area (TPSA) is 112 Å². The highest BCUT2D eigenvalue weighted by molar-refractivity contribution is 6.28. The zero-order chi connectivity index (χ0) is 23.4. The number of rotatable bonds is 10. The molecule has 0 radical (unpaired) electrons. The number of benzene rings is 1. The summed E-state index contributed by atoms with van der Waals surface area (Å²) in [6.07, 6.45) is 4.47. The third kappa shape index (κ3) is 5.05. The molecule has 4 rings (SSSR count). The molecule has 0 atom stereocenters. The van der Waals surface area contributed by atoms with Crippen molar-refractivity contribution in [3.05, 3.63) is 62.1 Å². The molecule has 0 amide bonds. The SMILES string of the molecule is CCCCCn1c(=O)n(CCCCc2nc(-c3ccc(F)cc3)no2)c(=O)c2[nH]c(Cl)nc21. The molecule has 1 N–H and O–H groups in total. The summed E-state index contributed by atoms with van der Waals surface area (Å²) in [5.41, 5.74) is 0.368. The average Bonchev–Trinajstić information content (AvgIpc) is 3.43. The zero-order valence-electron chi connectivity index (χ0n) is 18.2. The van der Waals surface area contributed by atoms with E-state index in [1.165, 1.54) is 21.3 Å². The highest BCUT2D eigenvalue weighted by atomic mass is 35.5. The van der Waals surface area contributed by atoms with Gasteiger partial charge in [-0.2, -0.15) is 9.97 Å². The van der Waals surface area contributed by atoms with Gasteiger partial charge in [-0.3, -0.25) is 13.9 Å². The van der Waals surface area contributed by atoms with Gasteiger partial charge in [0.1, 0.15) is 5.82 Å². The number of nitrogens with one attached hydrogen (secondary N) is 1. The molecule has 1 aromatic carbocycles. The van der Waals surface area contributed by atoms with Crippen molar-refractivity contribution in [2.24, 2.45) is 0 Å². The molecule has 3 aromatic heterocycles. The van der Waals surface area contributed by atoms with Crippen molar-refractivity contribution in [3.8, 4) is 11.4 Å². The van der Waals surface area contributed by atoms with E-state index in [1.807, 2.05) is 0 Å². The van der Waals surface area contributed by atoms with Gasteiger partial charge in [0.25, 0.3) is 5.56 Å². The van der Waals surface area contributed by atoms with E-state index in [2.05, 4.69) is 27.0 Å². The van der Waals surface area contributed by atoms with Gasteiger partial charge in [-0.1, -0.05) is 24.9 Å². The second-order valence-corrected chi connectivity index (χ2v) is 8.16. The van der Waals surface area contributed by atoms with E-state index in [4.69, 9.17) is 16.1 Å². The average molecular weight is 475 g/mol. The number of nitrogens with zero attached hydrogens (tertiary/aromatic N) is 5. The van der Waals surface area contributed by atoms with Crippen molar-refractivity contribution in [3.63, 3.8) is 0 Å². The van der Waals surface area contributed by atoms with Crippen LogP contribution in [0.1, 0.15) is 44.9 Å². The number of unbranched alkanes of at least 4 members (excludes halogenated alkanes) is 3. The molecule has 11 heteroatoms. The predicted octanol–water partition coefficient (Wildman–Crippen LogP) is 3.94. The Hall–Kier alpha value is -3.27. The second-order valence-electron chi connectivity index (χ2n) is 7.80. The number of hydrogen-bond acceptors (Lipinski definition) is 6. The van der Waals surface area contributed by atoms with E-state index in [0.29, 0.717) is 48.7 Å². The van der Waals surface area contributed by atoms with Crippen molar-refractivity contribution in [2.45, 2.75) is 58.5 Å². The first-order valence-electron chi connectivity index (χ1n) is 10.9. The predicted molar refractivity (Wildman–Crippen MR) is 122 cm³/mol. The Balaban J connectivity index is 1.44. The maximum atomic E-state index is 13.1. The van der Waals surface area contributed by atoms with E-state index < -0.39 is 5.56 Å². The van der Waals surface area contributed by atoms with Crippen LogP contribution < -0.4 is 11.2 Å². The van der Waals surface area contributed by atoms with E-state index in [9.17, 15) is 14.0 Å². The van der Waals surface area contributed by atoms with Crippen molar-refractivity contribution >= 4 is 22.8 Å². The van der Waals surface area contributed by atoms with Gasteiger partial charge in [0.05, 0.1) is 0 Å². The van der Waals surface area contributed by atoms with Crippen LogP contribution in [0.3, 0.4) is 0 Å². The Morgan fingerprint density at radius 3 is 2.52 bits per heavy atom. The number of aromatic amines is 1. The molecule has 0 bridgehead atoms. The first kappa shape index (κ1) is 22.9. The number of H-pyrrole nitrogens is 1. The van der Waals surface area contributed by atoms with Gasteiger partial charge in [-0.25, -0.2) is 9.18 Å². The lowest BCUT2D eigenvalue weighted by Crippen LogP contribution is -2.40. The van der Waals surface area contributed by atoms with E-state index in [1.54, 1.807) is 12.1 Å². The molecule has 0 unspecified atom stereocenters. The van der Waals surface area contributed by atoms with E-state index in [0.717, 1.165) is 19.3 Å². The molecule has 174 valence electrons. The lowest BCUT2D eigenvalue weighted by molar-refractivity contribution is 0.372. The summed E-state index contributed by atoms with van der Waals surface area (Å²) in [6, 6.07) is 5.84. The normalized spacial score (nSPS) is 11.5. The largest absolute Gasteiger partial charge is 0.339 e. The minimum atomic E-state index is -0.433. The molecule has 0 aliphatic carbocycles. The Bertz CT molecular complexity index is 1360. The molecule has 0 aliphatic rings. The molecular weight excluding hydrogens is 451 g/mol. The molecular formula is C22H24ClFN6O3. The minimum Gasteiger partial charge on any atom is -0.339 e. The quantitative estimate of drug-likeness (QED) is 0.275. The molecule has 33 heavy (non-hydrogen) atoms. The minimum absolute atomic E-state index is 0.0804. The Morgan fingerprint density at radius 2 is 1.76 bits per heavy atom. The van der Waals surface area contributed by atoms with E-state index in [-0.39, 0.29) is 28.9 Å². The van der Waals surface area contributed by atoms with Gasteiger partial charge in [0, 0.05) is 25.1 Å². The summed E-state index contributed by atoms with van der Waals surface area (Å²) >= 11 is 5.97. The molecule has 0 aliphatic heterocycles. The fourth-order valence-corrected chi connectivity index (χ4v) is 3.85. The van der Waals surface area contributed by atoms with Crippen LogP contribution in [0.5, 0.6) is 0 Å². The van der Waals surface area contributed by atoms with Crippen LogP contribution in [-0.4, -0.2) is 29.2 Å². The van der Waals surface area contributed by atoms with Crippen LogP contribution >= 0.6 is 11.6 Å². The Kier molecular flexibility index (Phi) is 7.02. The molecule has 0 spiro atoms. The summed E-state index contributed by atoms with van der Waals surface area (Å²) in [4.78, 5) is 37.1. The highest BCUT2D eigenvalue weighted by Crippen LogP contribution is 2.17. The van der Waals surface area contributed by atoms with Crippen LogP contribution in [0, 0.1) is 5.82 Å². The lowest BCUT2D eigenvalue weighted by Gasteiger charge is -2.11. The van der Waals surface area contributed by atoms with Crippen molar-refractivity contribution in [2.75, 3.05) is 0 Å². The summed E-state index contributed by atoms with van der Waals surface area (Å²) in [5.74, 6) is 0.491. The third-order valence-corrected chi connectivity index (χ3v) is 5.59. The number of hydrogen-bond donors (Lipinski definition) is 1. The number of aryl methyl sites for hydroxylation is 2. The molecule has 3 heterocycles. The van der Waals surface area contributed by atoms with Crippen molar-refractivity contribution in [1.82, 2.24) is 29.2 Å². The van der Waals surface area contributed by atoms with E-state index >= 15 is 0 Å². The van der Waals surface area contributed by atoms with Crippen LogP contribution in [0.4, 0.5) is 4.39 Å². The Morgan fingerprint density at radius 1 is 1.03 bits per heavy atom. The fraction of sp³-hybridized carbons (Fsp3) is 0.409. The molecule has 0 saturated heterocycles. The first-order chi connectivity index (χ1) is 16.0. The maximum absolute atomic E-state index is 13.1. The van der Waals surface area contributed by atoms with Crippen LogP contribution in [0.25, 0.3) is 22.6 Å². The zero-order valence-corrected chi connectivity index (χ0v) is 18.9.